The minimum absolute atomic E-state index is 0.438. The first kappa shape index (κ1) is 14.1. The van der Waals surface area contributed by atoms with Crippen LogP contribution in [0.5, 0.6) is 0 Å². The zero-order valence-electron chi connectivity index (χ0n) is 12.7. The predicted octanol–water partition coefficient (Wildman–Crippen LogP) is 4.31. The van der Waals surface area contributed by atoms with Gasteiger partial charge in [-0.05, 0) is 62.6 Å². The summed E-state index contributed by atoms with van der Waals surface area (Å²) in [6.45, 7) is 4.62. The molecule has 0 spiro atoms. The quantitative estimate of drug-likeness (QED) is 0.856. The molecule has 3 rings (SSSR count). The molecule has 1 unspecified atom stereocenters. The molecule has 2 heterocycles. The third kappa shape index (κ3) is 3.81. The normalized spacial score (nSPS) is 16.1. The molecule has 1 aromatic heterocycles. The summed E-state index contributed by atoms with van der Waals surface area (Å²) in [5.41, 5.74) is 2.55. The number of aryl methyl sites for hydroxylation is 1. The zero-order chi connectivity index (χ0) is 14.5. The van der Waals surface area contributed by atoms with Gasteiger partial charge in [0, 0.05) is 36.9 Å². The summed E-state index contributed by atoms with van der Waals surface area (Å²) in [6, 6.07) is 13.3. The second-order valence-corrected chi connectivity index (χ2v) is 5.90. The molecular weight excluding hydrogens is 260 g/mol. The van der Waals surface area contributed by atoms with Crippen LogP contribution in [0, 0.1) is 0 Å². The highest BCUT2D eigenvalue weighted by Crippen LogP contribution is 2.22. The van der Waals surface area contributed by atoms with Gasteiger partial charge in [-0.3, -0.25) is 0 Å². The van der Waals surface area contributed by atoms with Gasteiger partial charge in [0.15, 0.2) is 0 Å². The number of furan rings is 1. The van der Waals surface area contributed by atoms with Crippen LogP contribution in [0.3, 0.4) is 0 Å². The van der Waals surface area contributed by atoms with Gasteiger partial charge in [-0.15, -0.1) is 0 Å². The van der Waals surface area contributed by atoms with Crippen molar-refractivity contribution in [1.82, 2.24) is 0 Å². The third-order valence-corrected chi connectivity index (χ3v) is 4.16. The molecule has 3 heteroatoms. The van der Waals surface area contributed by atoms with Crippen LogP contribution in [0.1, 0.15) is 31.9 Å². The number of benzene rings is 1. The Balaban J connectivity index is 1.49. The number of rotatable bonds is 6. The Morgan fingerprint density at radius 3 is 2.57 bits per heavy atom. The van der Waals surface area contributed by atoms with Crippen LogP contribution in [0.2, 0.25) is 0 Å². The van der Waals surface area contributed by atoms with E-state index in [0.717, 1.165) is 18.6 Å². The number of nitrogens with zero attached hydrogens (tertiary/aromatic N) is 1. The van der Waals surface area contributed by atoms with E-state index in [-0.39, 0.29) is 0 Å². The molecule has 0 bridgehead atoms. The SMILES string of the molecule is CC(CCc1ccco1)Nc1ccc(N2CCCC2)cc1. The summed E-state index contributed by atoms with van der Waals surface area (Å²) in [7, 11) is 0. The molecule has 1 aliphatic heterocycles. The highest BCUT2D eigenvalue weighted by atomic mass is 16.3. The van der Waals surface area contributed by atoms with Crippen molar-refractivity contribution in [2.24, 2.45) is 0 Å². The minimum atomic E-state index is 0.438. The van der Waals surface area contributed by atoms with Crippen molar-refractivity contribution in [1.29, 1.82) is 0 Å². The fraction of sp³-hybridized carbons (Fsp3) is 0.444. The molecule has 0 aliphatic carbocycles. The van der Waals surface area contributed by atoms with E-state index in [4.69, 9.17) is 4.42 Å². The first-order chi connectivity index (χ1) is 10.3. The summed E-state index contributed by atoms with van der Waals surface area (Å²) < 4.78 is 5.37. The minimum Gasteiger partial charge on any atom is -0.469 e. The van der Waals surface area contributed by atoms with E-state index in [1.54, 1.807) is 6.26 Å². The van der Waals surface area contributed by atoms with Gasteiger partial charge < -0.3 is 14.6 Å². The Hall–Kier alpha value is -1.90. The number of hydrogen-bond acceptors (Lipinski definition) is 3. The van der Waals surface area contributed by atoms with Gasteiger partial charge in [-0.1, -0.05) is 0 Å². The van der Waals surface area contributed by atoms with Crippen molar-refractivity contribution in [3.8, 4) is 0 Å². The van der Waals surface area contributed by atoms with Crippen LogP contribution in [0.4, 0.5) is 11.4 Å². The maximum Gasteiger partial charge on any atom is 0.103 e. The number of hydrogen-bond donors (Lipinski definition) is 1. The molecule has 1 fully saturated rings. The van der Waals surface area contributed by atoms with E-state index < -0.39 is 0 Å². The Labute approximate surface area is 127 Å². The molecule has 0 saturated carbocycles. The van der Waals surface area contributed by atoms with E-state index in [1.807, 2.05) is 12.1 Å². The highest BCUT2D eigenvalue weighted by molar-refractivity contribution is 5.55. The summed E-state index contributed by atoms with van der Waals surface area (Å²) in [5, 5.41) is 3.56. The average Bonchev–Trinajstić information content (AvgIpc) is 3.19. The van der Waals surface area contributed by atoms with Crippen LogP contribution in [0.15, 0.2) is 47.1 Å². The maximum atomic E-state index is 5.37. The fourth-order valence-electron chi connectivity index (χ4n) is 2.91. The molecule has 1 saturated heterocycles. The first-order valence-electron chi connectivity index (χ1n) is 7.95. The van der Waals surface area contributed by atoms with Crippen molar-refractivity contribution in [3.05, 3.63) is 48.4 Å². The summed E-state index contributed by atoms with van der Waals surface area (Å²) in [4.78, 5) is 2.46. The summed E-state index contributed by atoms with van der Waals surface area (Å²) >= 11 is 0. The first-order valence-corrected chi connectivity index (χ1v) is 7.95. The third-order valence-electron chi connectivity index (χ3n) is 4.16. The van der Waals surface area contributed by atoms with E-state index in [9.17, 15) is 0 Å². The maximum absolute atomic E-state index is 5.37. The molecule has 1 atom stereocenters. The van der Waals surface area contributed by atoms with Crippen LogP contribution < -0.4 is 10.2 Å². The van der Waals surface area contributed by atoms with Gasteiger partial charge in [-0.2, -0.15) is 0 Å². The molecule has 0 amide bonds. The second kappa shape index (κ2) is 6.70. The van der Waals surface area contributed by atoms with Crippen molar-refractivity contribution in [2.75, 3.05) is 23.3 Å². The monoisotopic (exact) mass is 284 g/mol. The topological polar surface area (TPSA) is 28.4 Å². The standard InChI is InChI=1S/C18H24N2O/c1-15(6-11-18-5-4-14-21-18)19-16-7-9-17(10-8-16)20-12-2-3-13-20/h4-5,7-10,14-15,19H,2-3,6,11-13H2,1H3. The molecule has 0 radical (unpaired) electrons. The summed E-state index contributed by atoms with van der Waals surface area (Å²) in [5.74, 6) is 1.06. The number of nitrogens with one attached hydrogen (secondary N) is 1. The van der Waals surface area contributed by atoms with Crippen molar-refractivity contribution >= 4 is 11.4 Å². The van der Waals surface area contributed by atoms with Gasteiger partial charge in [0.1, 0.15) is 5.76 Å². The van der Waals surface area contributed by atoms with Gasteiger partial charge in [0.2, 0.25) is 0 Å². The van der Waals surface area contributed by atoms with E-state index in [0.29, 0.717) is 6.04 Å². The second-order valence-electron chi connectivity index (χ2n) is 5.90. The molecule has 1 aliphatic rings. The molecular formula is C18H24N2O. The summed E-state index contributed by atoms with van der Waals surface area (Å²) in [6.07, 6.45) is 6.44. The lowest BCUT2D eigenvalue weighted by Crippen LogP contribution is -2.18. The van der Waals surface area contributed by atoms with Gasteiger partial charge in [0.25, 0.3) is 0 Å². The van der Waals surface area contributed by atoms with Crippen LogP contribution in [-0.2, 0) is 6.42 Å². The molecule has 3 nitrogen and oxygen atoms in total. The predicted molar refractivity (Wildman–Crippen MR) is 88.0 cm³/mol. The lowest BCUT2D eigenvalue weighted by molar-refractivity contribution is 0.495. The Bertz CT molecular complexity index is 527. The number of anilines is 2. The molecule has 112 valence electrons. The highest BCUT2D eigenvalue weighted by Gasteiger charge is 2.12. The van der Waals surface area contributed by atoms with Crippen molar-refractivity contribution in [3.63, 3.8) is 0 Å². The van der Waals surface area contributed by atoms with E-state index in [2.05, 4.69) is 41.4 Å². The molecule has 2 aromatic rings. The Morgan fingerprint density at radius 2 is 1.90 bits per heavy atom. The van der Waals surface area contributed by atoms with E-state index in [1.165, 1.54) is 37.3 Å². The van der Waals surface area contributed by atoms with Crippen LogP contribution in [-0.4, -0.2) is 19.1 Å². The lowest BCUT2D eigenvalue weighted by atomic mass is 10.1. The largest absolute Gasteiger partial charge is 0.469 e. The fourth-order valence-corrected chi connectivity index (χ4v) is 2.91. The van der Waals surface area contributed by atoms with Crippen LogP contribution in [0.25, 0.3) is 0 Å². The smallest absolute Gasteiger partial charge is 0.103 e. The zero-order valence-corrected chi connectivity index (χ0v) is 12.7. The average molecular weight is 284 g/mol. The van der Waals surface area contributed by atoms with Gasteiger partial charge in [-0.25, -0.2) is 0 Å². The molecule has 21 heavy (non-hydrogen) atoms. The lowest BCUT2D eigenvalue weighted by Gasteiger charge is -2.19. The molecule has 1 aromatic carbocycles. The van der Waals surface area contributed by atoms with E-state index >= 15 is 0 Å². The van der Waals surface area contributed by atoms with Crippen LogP contribution >= 0.6 is 0 Å². The van der Waals surface area contributed by atoms with Crippen molar-refractivity contribution < 1.29 is 4.42 Å². The van der Waals surface area contributed by atoms with Gasteiger partial charge in [0.05, 0.1) is 6.26 Å². The molecule has 1 N–H and O–H groups in total. The Kier molecular flexibility index (Phi) is 4.49. The van der Waals surface area contributed by atoms with Crippen molar-refractivity contribution in [2.45, 2.75) is 38.6 Å². The van der Waals surface area contributed by atoms with Gasteiger partial charge >= 0.3 is 0 Å². The Morgan fingerprint density at radius 1 is 1.14 bits per heavy atom.